The monoisotopic (exact) mass is 422 g/mol. The summed E-state index contributed by atoms with van der Waals surface area (Å²) in [4.78, 5) is 80.4. The van der Waals surface area contributed by atoms with Crippen molar-refractivity contribution in [3.8, 4) is 0 Å². The molecule has 3 rings (SSSR count). The van der Waals surface area contributed by atoms with E-state index in [1.165, 1.54) is 0 Å². The molecule has 0 radical (unpaired) electrons. The Morgan fingerprint density at radius 1 is 0.933 bits per heavy atom. The van der Waals surface area contributed by atoms with Crippen molar-refractivity contribution in [2.75, 3.05) is 0 Å². The molecule has 0 saturated carbocycles. The van der Waals surface area contributed by atoms with Gasteiger partial charge in [0.2, 0.25) is 0 Å². The van der Waals surface area contributed by atoms with Crippen LogP contribution in [-0.2, 0) is 38.4 Å². The minimum Gasteiger partial charge on any atom is -0.425 e. The largest absolute Gasteiger partial charge is 0.534 e. The van der Waals surface area contributed by atoms with Gasteiger partial charge in [0.15, 0.2) is 0 Å². The minimum absolute atomic E-state index is 0.0151. The van der Waals surface area contributed by atoms with Crippen molar-refractivity contribution in [2.24, 2.45) is 5.41 Å². The van der Waals surface area contributed by atoms with Gasteiger partial charge in [-0.25, -0.2) is 9.59 Å². The Hall–Kier alpha value is -3.24. The Balaban J connectivity index is 1.54. The predicted octanol–water partition coefficient (Wildman–Crippen LogP) is 1.32. The number of nitrogens with zero attached hydrogens (tertiary/aromatic N) is 2. The van der Waals surface area contributed by atoms with Gasteiger partial charge in [0, 0.05) is 25.7 Å². The summed E-state index contributed by atoms with van der Waals surface area (Å²) in [6.45, 7) is 1.67. The summed E-state index contributed by atoms with van der Waals surface area (Å²) in [5, 5.41) is 0.932. The van der Waals surface area contributed by atoms with E-state index in [2.05, 4.69) is 4.84 Å². The van der Waals surface area contributed by atoms with E-state index in [9.17, 15) is 28.8 Å². The van der Waals surface area contributed by atoms with Crippen LogP contribution in [0.2, 0.25) is 0 Å². The van der Waals surface area contributed by atoms with E-state index in [0.29, 0.717) is 29.4 Å². The zero-order chi connectivity index (χ0) is 21.9. The van der Waals surface area contributed by atoms with Gasteiger partial charge in [-0.1, -0.05) is 11.1 Å². The van der Waals surface area contributed by atoms with E-state index < -0.39 is 47.3 Å². The molecule has 162 valence electrons. The van der Waals surface area contributed by atoms with Crippen LogP contribution in [0.4, 0.5) is 4.79 Å². The van der Waals surface area contributed by atoms with E-state index in [-0.39, 0.29) is 32.1 Å². The van der Waals surface area contributed by atoms with Crippen LogP contribution in [0.1, 0.15) is 58.3 Å². The van der Waals surface area contributed by atoms with E-state index in [0.717, 1.165) is 0 Å². The van der Waals surface area contributed by atoms with Crippen LogP contribution in [0.5, 0.6) is 0 Å². The number of allylic oxidation sites excluding steroid dienone is 1. The lowest BCUT2D eigenvalue weighted by Crippen LogP contribution is -2.39. The molecule has 4 amide bonds. The quantitative estimate of drug-likeness (QED) is 0.373. The van der Waals surface area contributed by atoms with Crippen LogP contribution in [-0.4, -0.2) is 52.0 Å². The van der Waals surface area contributed by atoms with Gasteiger partial charge in [0.25, 0.3) is 23.6 Å². The van der Waals surface area contributed by atoms with Crippen molar-refractivity contribution in [1.82, 2.24) is 10.1 Å². The third kappa shape index (κ3) is 4.66. The maximum Gasteiger partial charge on any atom is 0.534 e. The van der Waals surface area contributed by atoms with Gasteiger partial charge >= 0.3 is 12.1 Å². The molecule has 3 aliphatic rings. The summed E-state index contributed by atoms with van der Waals surface area (Å²) in [5.74, 6) is -2.97. The van der Waals surface area contributed by atoms with Crippen molar-refractivity contribution < 1.29 is 43.2 Å². The van der Waals surface area contributed by atoms with Crippen molar-refractivity contribution in [1.29, 1.82) is 0 Å². The van der Waals surface area contributed by atoms with E-state index >= 15 is 0 Å². The molecule has 11 heteroatoms. The van der Waals surface area contributed by atoms with Gasteiger partial charge < -0.3 is 9.57 Å². The first kappa shape index (κ1) is 21.5. The fourth-order valence-corrected chi connectivity index (χ4v) is 3.38. The van der Waals surface area contributed by atoms with E-state index in [1.54, 1.807) is 19.1 Å². The predicted molar refractivity (Wildman–Crippen MR) is 95.3 cm³/mol. The lowest BCUT2D eigenvalue weighted by Gasteiger charge is -2.29. The second kappa shape index (κ2) is 8.64. The highest BCUT2D eigenvalue weighted by Gasteiger charge is 2.40. The van der Waals surface area contributed by atoms with Crippen molar-refractivity contribution in [3.05, 3.63) is 12.2 Å². The fraction of sp³-hybridized carbons (Fsp3) is 0.579. The molecule has 30 heavy (non-hydrogen) atoms. The molecule has 1 aliphatic carbocycles. The molecule has 2 atom stereocenters. The standard InChI is InChI=1S/C19H22N2O9/c1-19(17(26)29-20-13(22)6-7-14(20)23)10-2-4-12(5-3-11-19)28-18(27)30-21-15(24)8-9-16(21)25/h2,4,12H,3,5-11H2,1H3/b4-2+. The first-order valence-electron chi connectivity index (χ1n) is 9.69. The second-order valence-corrected chi connectivity index (χ2v) is 7.63. The molecule has 2 heterocycles. The molecule has 0 aromatic carbocycles. The smallest absolute Gasteiger partial charge is 0.425 e. The van der Waals surface area contributed by atoms with Gasteiger partial charge in [-0.2, -0.15) is 0 Å². The van der Waals surface area contributed by atoms with Gasteiger partial charge in [-0.15, -0.1) is 5.06 Å². The highest BCUT2D eigenvalue weighted by Crippen LogP contribution is 2.34. The summed E-state index contributed by atoms with van der Waals surface area (Å²) in [6.07, 6.45) is 2.83. The fourth-order valence-electron chi connectivity index (χ4n) is 3.38. The lowest BCUT2D eigenvalue weighted by molar-refractivity contribution is -0.205. The zero-order valence-corrected chi connectivity index (χ0v) is 16.5. The molecule has 0 spiro atoms. The number of hydrogen-bond donors (Lipinski definition) is 0. The number of amides is 4. The second-order valence-electron chi connectivity index (χ2n) is 7.63. The molecule has 0 N–H and O–H groups in total. The summed E-state index contributed by atoms with van der Waals surface area (Å²) in [7, 11) is 0. The van der Waals surface area contributed by atoms with Crippen LogP contribution in [0.25, 0.3) is 0 Å². The van der Waals surface area contributed by atoms with E-state index in [1.807, 2.05) is 0 Å². The van der Waals surface area contributed by atoms with Crippen LogP contribution >= 0.6 is 0 Å². The van der Waals surface area contributed by atoms with Crippen LogP contribution in [0.15, 0.2) is 12.2 Å². The number of ether oxygens (including phenoxy) is 1. The Bertz CT molecular complexity index is 789. The number of imide groups is 2. The van der Waals surface area contributed by atoms with E-state index in [4.69, 9.17) is 9.57 Å². The van der Waals surface area contributed by atoms with Crippen molar-refractivity contribution >= 4 is 35.8 Å². The third-order valence-corrected chi connectivity index (χ3v) is 5.23. The molecular formula is C19H22N2O9. The number of rotatable bonds is 4. The van der Waals surface area contributed by atoms with Gasteiger partial charge in [0.1, 0.15) is 6.10 Å². The normalized spacial score (nSPS) is 28.2. The summed E-state index contributed by atoms with van der Waals surface area (Å²) < 4.78 is 5.14. The first-order chi connectivity index (χ1) is 14.2. The Kier molecular flexibility index (Phi) is 6.18. The lowest BCUT2D eigenvalue weighted by atomic mass is 9.80. The Labute approximate surface area is 171 Å². The van der Waals surface area contributed by atoms with Crippen molar-refractivity contribution in [2.45, 2.75) is 64.4 Å². The Morgan fingerprint density at radius 2 is 1.47 bits per heavy atom. The maximum absolute atomic E-state index is 12.6. The highest BCUT2D eigenvalue weighted by atomic mass is 16.8. The zero-order valence-electron chi connectivity index (χ0n) is 16.5. The molecule has 2 saturated heterocycles. The molecule has 11 nitrogen and oxygen atoms in total. The van der Waals surface area contributed by atoms with Crippen LogP contribution < -0.4 is 0 Å². The summed E-state index contributed by atoms with van der Waals surface area (Å²) in [6, 6.07) is 0. The molecule has 2 fully saturated rings. The topological polar surface area (TPSA) is 137 Å². The first-order valence-corrected chi connectivity index (χ1v) is 9.69. The summed E-state index contributed by atoms with van der Waals surface area (Å²) >= 11 is 0. The average Bonchev–Trinajstić information content (AvgIpc) is 3.16. The molecule has 0 aromatic heterocycles. The van der Waals surface area contributed by atoms with Gasteiger partial charge in [-0.05, 0) is 38.7 Å². The number of hydrogen-bond acceptors (Lipinski definition) is 9. The maximum atomic E-state index is 12.6. The van der Waals surface area contributed by atoms with Crippen molar-refractivity contribution in [3.63, 3.8) is 0 Å². The molecule has 0 aromatic rings. The highest BCUT2D eigenvalue weighted by molar-refractivity contribution is 6.02. The number of hydroxylamine groups is 4. The average molecular weight is 422 g/mol. The van der Waals surface area contributed by atoms with Crippen LogP contribution in [0, 0.1) is 5.41 Å². The van der Waals surface area contributed by atoms with Crippen LogP contribution in [0.3, 0.4) is 0 Å². The Morgan fingerprint density at radius 3 is 2.03 bits per heavy atom. The van der Waals surface area contributed by atoms with Gasteiger partial charge in [0.05, 0.1) is 5.41 Å². The molecule has 0 bridgehead atoms. The molecule has 2 unspecified atom stereocenters. The SMILES string of the molecule is CC1(C(=O)ON2C(=O)CCC2=O)C/C=C/C(OC(=O)ON2C(=O)CCC2=O)CCC1. The third-order valence-electron chi connectivity index (χ3n) is 5.23. The molecular weight excluding hydrogens is 400 g/mol. The molecule has 2 aliphatic heterocycles. The summed E-state index contributed by atoms with van der Waals surface area (Å²) in [5.41, 5.74) is -0.959. The van der Waals surface area contributed by atoms with Gasteiger partial charge in [-0.3, -0.25) is 24.0 Å². The number of carbonyl (C=O) groups excluding carboxylic acids is 6. The minimum atomic E-state index is -1.16. The number of carbonyl (C=O) groups is 6.